The molecule has 3 nitrogen and oxygen atoms in total. The van der Waals surface area contributed by atoms with Crippen LogP contribution >= 0.6 is 0 Å². The van der Waals surface area contributed by atoms with E-state index in [4.69, 9.17) is 5.11 Å². The van der Waals surface area contributed by atoms with Crippen LogP contribution in [0.25, 0.3) is 0 Å². The first-order valence-electron chi connectivity index (χ1n) is 4.55. The lowest BCUT2D eigenvalue weighted by atomic mass is 9.77. The molecule has 1 atom stereocenters. The quantitative estimate of drug-likeness (QED) is 0.784. The average molecular weight is 193 g/mol. The second-order valence-corrected chi connectivity index (χ2v) is 4.42. The number of carbonyl (C=O) groups is 1. The highest BCUT2D eigenvalue weighted by molar-refractivity contribution is 5.77. The molecular formula is C11H15NO2. The van der Waals surface area contributed by atoms with E-state index in [1.807, 2.05) is 20.8 Å². The van der Waals surface area contributed by atoms with Crippen LogP contribution in [-0.2, 0) is 4.79 Å². The third-order valence-corrected chi connectivity index (χ3v) is 2.15. The van der Waals surface area contributed by atoms with Crippen LogP contribution in [0.15, 0.2) is 24.5 Å². The fourth-order valence-corrected chi connectivity index (χ4v) is 1.57. The topological polar surface area (TPSA) is 50.2 Å². The molecule has 0 aliphatic carbocycles. The number of pyridine rings is 1. The SMILES string of the molecule is CC(C)(C)C(C(=O)O)c1ccncc1. The van der Waals surface area contributed by atoms with Crippen molar-refractivity contribution in [2.75, 3.05) is 0 Å². The van der Waals surface area contributed by atoms with Gasteiger partial charge in [-0.15, -0.1) is 0 Å². The first-order chi connectivity index (χ1) is 6.43. The number of carboxylic acids is 1. The number of nitrogens with zero attached hydrogens (tertiary/aromatic N) is 1. The lowest BCUT2D eigenvalue weighted by Crippen LogP contribution is -2.26. The summed E-state index contributed by atoms with van der Waals surface area (Å²) in [6, 6.07) is 3.51. The van der Waals surface area contributed by atoms with E-state index in [2.05, 4.69) is 4.98 Å². The molecule has 0 saturated heterocycles. The minimum atomic E-state index is -0.788. The maximum atomic E-state index is 11.1. The molecule has 0 radical (unpaired) electrons. The molecule has 1 aromatic heterocycles. The van der Waals surface area contributed by atoms with Crippen molar-refractivity contribution in [1.29, 1.82) is 0 Å². The van der Waals surface area contributed by atoms with Crippen molar-refractivity contribution in [2.24, 2.45) is 5.41 Å². The van der Waals surface area contributed by atoms with Crippen LogP contribution in [-0.4, -0.2) is 16.1 Å². The molecule has 1 N–H and O–H groups in total. The Bertz CT molecular complexity index is 314. The molecule has 1 unspecified atom stereocenters. The Kier molecular flexibility index (Phi) is 2.89. The Labute approximate surface area is 83.8 Å². The second kappa shape index (κ2) is 3.78. The minimum Gasteiger partial charge on any atom is -0.481 e. The zero-order chi connectivity index (χ0) is 10.8. The number of rotatable bonds is 2. The molecule has 1 aromatic rings. The summed E-state index contributed by atoms with van der Waals surface area (Å²) in [7, 11) is 0. The van der Waals surface area contributed by atoms with E-state index in [1.54, 1.807) is 24.5 Å². The standard InChI is InChI=1S/C11H15NO2/c1-11(2,3)9(10(13)14)8-4-6-12-7-5-8/h4-7,9H,1-3H3,(H,13,14). The third-order valence-electron chi connectivity index (χ3n) is 2.15. The summed E-state index contributed by atoms with van der Waals surface area (Å²) in [6.07, 6.45) is 3.24. The van der Waals surface area contributed by atoms with E-state index >= 15 is 0 Å². The summed E-state index contributed by atoms with van der Waals surface area (Å²) >= 11 is 0. The van der Waals surface area contributed by atoms with Crippen molar-refractivity contribution >= 4 is 5.97 Å². The van der Waals surface area contributed by atoms with Crippen molar-refractivity contribution < 1.29 is 9.90 Å². The van der Waals surface area contributed by atoms with Gasteiger partial charge in [0.15, 0.2) is 0 Å². The molecule has 0 aromatic carbocycles. The molecule has 3 heteroatoms. The van der Waals surface area contributed by atoms with E-state index in [0.29, 0.717) is 0 Å². The zero-order valence-corrected chi connectivity index (χ0v) is 8.69. The van der Waals surface area contributed by atoms with E-state index in [9.17, 15) is 4.79 Å². The summed E-state index contributed by atoms with van der Waals surface area (Å²) in [6.45, 7) is 5.77. The Morgan fingerprint density at radius 1 is 1.36 bits per heavy atom. The van der Waals surface area contributed by atoms with Gasteiger partial charge in [0.25, 0.3) is 0 Å². The van der Waals surface area contributed by atoms with E-state index in [-0.39, 0.29) is 5.41 Å². The van der Waals surface area contributed by atoms with Crippen molar-refractivity contribution in [2.45, 2.75) is 26.7 Å². The van der Waals surface area contributed by atoms with Crippen molar-refractivity contribution in [3.63, 3.8) is 0 Å². The normalized spacial score (nSPS) is 13.6. The van der Waals surface area contributed by atoms with Crippen LogP contribution in [0.1, 0.15) is 32.3 Å². The average Bonchev–Trinajstić information content (AvgIpc) is 2.02. The summed E-state index contributed by atoms with van der Waals surface area (Å²) in [5.74, 6) is -1.27. The maximum Gasteiger partial charge on any atom is 0.311 e. The van der Waals surface area contributed by atoms with Gasteiger partial charge < -0.3 is 5.11 Å². The van der Waals surface area contributed by atoms with Gasteiger partial charge in [0.1, 0.15) is 0 Å². The zero-order valence-electron chi connectivity index (χ0n) is 8.69. The number of aromatic nitrogens is 1. The Hall–Kier alpha value is -1.38. The summed E-state index contributed by atoms with van der Waals surface area (Å²) in [5.41, 5.74) is 0.521. The van der Waals surface area contributed by atoms with Crippen molar-refractivity contribution in [3.8, 4) is 0 Å². The van der Waals surface area contributed by atoms with Crippen LogP contribution in [0, 0.1) is 5.41 Å². The highest BCUT2D eigenvalue weighted by Gasteiger charge is 2.32. The van der Waals surface area contributed by atoms with Gasteiger partial charge in [-0.25, -0.2) is 0 Å². The Morgan fingerprint density at radius 2 is 1.86 bits per heavy atom. The first kappa shape index (κ1) is 10.7. The summed E-state index contributed by atoms with van der Waals surface area (Å²) < 4.78 is 0. The molecule has 0 fully saturated rings. The van der Waals surface area contributed by atoms with Gasteiger partial charge in [0.2, 0.25) is 0 Å². The third kappa shape index (κ3) is 2.31. The molecular weight excluding hydrogens is 178 g/mol. The second-order valence-electron chi connectivity index (χ2n) is 4.42. The van der Waals surface area contributed by atoms with Crippen molar-refractivity contribution in [1.82, 2.24) is 4.98 Å². The highest BCUT2D eigenvalue weighted by Crippen LogP contribution is 2.34. The smallest absolute Gasteiger partial charge is 0.311 e. The largest absolute Gasteiger partial charge is 0.481 e. The molecule has 0 aliphatic rings. The van der Waals surface area contributed by atoms with Crippen LogP contribution in [0.2, 0.25) is 0 Å². The van der Waals surface area contributed by atoms with Gasteiger partial charge in [0, 0.05) is 12.4 Å². The molecule has 0 bridgehead atoms. The van der Waals surface area contributed by atoms with Crippen molar-refractivity contribution in [3.05, 3.63) is 30.1 Å². The van der Waals surface area contributed by atoms with Gasteiger partial charge in [0.05, 0.1) is 5.92 Å². The van der Waals surface area contributed by atoms with E-state index in [1.165, 1.54) is 0 Å². The van der Waals surface area contributed by atoms with Gasteiger partial charge in [-0.2, -0.15) is 0 Å². The Balaban J connectivity index is 3.08. The molecule has 1 heterocycles. The molecule has 0 spiro atoms. The molecule has 76 valence electrons. The minimum absolute atomic E-state index is 0.285. The lowest BCUT2D eigenvalue weighted by molar-refractivity contribution is -0.141. The molecule has 0 amide bonds. The number of hydrogen-bond donors (Lipinski definition) is 1. The predicted molar refractivity (Wildman–Crippen MR) is 54.1 cm³/mol. The molecule has 1 rings (SSSR count). The van der Waals surface area contributed by atoms with E-state index in [0.717, 1.165) is 5.56 Å². The molecule has 0 saturated carbocycles. The van der Waals surface area contributed by atoms with Crippen LogP contribution in [0.4, 0.5) is 0 Å². The van der Waals surface area contributed by atoms with E-state index < -0.39 is 11.9 Å². The van der Waals surface area contributed by atoms with Crippen LogP contribution in [0.5, 0.6) is 0 Å². The van der Waals surface area contributed by atoms with Gasteiger partial charge in [-0.3, -0.25) is 9.78 Å². The molecule has 14 heavy (non-hydrogen) atoms. The lowest BCUT2D eigenvalue weighted by Gasteiger charge is -2.27. The molecule has 0 aliphatic heterocycles. The van der Waals surface area contributed by atoms with Crippen LogP contribution in [0.3, 0.4) is 0 Å². The van der Waals surface area contributed by atoms with Gasteiger partial charge in [-0.05, 0) is 23.1 Å². The fraction of sp³-hybridized carbons (Fsp3) is 0.455. The first-order valence-corrected chi connectivity index (χ1v) is 4.55. The predicted octanol–water partition coefficient (Wildman–Crippen LogP) is 2.30. The summed E-state index contributed by atoms with van der Waals surface area (Å²) in [5, 5.41) is 9.14. The number of hydrogen-bond acceptors (Lipinski definition) is 2. The monoisotopic (exact) mass is 193 g/mol. The number of aliphatic carboxylic acids is 1. The fourth-order valence-electron chi connectivity index (χ4n) is 1.57. The summed E-state index contributed by atoms with van der Waals surface area (Å²) in [4.78, 5) is 15.0. The Morgan fingerprint density at radius 3 is 2.21 bits per heavy atom. The van der Waals surface area contributed by atoms with Crippen LogP contribution < -0.4 is 0 Å². The van der Waals surface area contributed by atoms with Gasteiger partial charge >= 0.3 is 5.97 Å². The maximum absolute atomic E-state index is 11.1. The number of carboxylic acid groups (broad SMARTS) is 1. The highest BCUT2D eigenvalue weighted by atomic mass is 16.4. The van der Waals surface area contributed by atoms with Gasteiger partial charge in [-0.1, -0.05) is 20.8 Å².